The fourth-order valence-corrected chi connectivity index (χ4v) is 1.36. The molecule has 0 amide bonds. The van der Waals surface area contributed by atoms with Crippen LogP contribution in [0.4, 0.5) is 23.7 Å². The maximum Gasteiger partial charge on any atom is 0.506 e. The van der Waals surface area contributed by atoms with Crippen LogP contribution in [0.2, 0.25) is 0 Å². The maximum absolute atomic E-state index is 12.9. The normalized spacial score (nSPS) is 14.5. The van der Waals surface area contributed by atoms with Crippen molar-refractivity contribution in [3.63, 3.8) is 0 Å². The average Bonchev–Trinajstić information content (AvgIpc) is 2.26. The lowest BCUT2D eigenvalue weighted by Gasteiger charge is -2.30. The zero-order valence-electron chi connectivity index (χ0n) is 9.47. The number of rotatable bonds is 3. The molecule has 1 N–H and O–H groups in total. The molecule has 1 aromatic carbocycles. The molecule has 1 atom stereocenters. The Morgan fingerprint density at radius 1 is 1.32 bits per heavy atom. The highest BCUT2D eigenvalue weighted by molar-refractivity contribution is 5.58. The Morgan fingerprint density at radius 2 is 1.79 bits per heavy atom. The van der Waals surface area contributed by atoms with E-state index in [1.54, 1.807) is 0 Å². The van der Waals surface area contributed by atoms with Gasteiger partial charge < -0.3 is 9.84 Å². The molecule has 9 heteroatoms. The van der Waals surface area contributed by atoms with Gasteiger partial charge in [-0.25, -0.2) is 4.79 Å². The number of benzene rings is 1. The van der Waals surface area contributed by atoms with Crippen molar-refractivity contribution < 1.29 is 32.7 Å². The molecular formula is C10H8F3NO5. The molecule has 0 aliphatic rings. The van der Waals surface area contributed by atoms with Gasteiger partial charge in [0.1, 0.15) is 0 Å². The van der Waals surface area contributed by atoms with Crippen molar-refractivity contribution in [1.29, 1.82) is 0 Å². The summed E-state index contributed by atoms with van der Waals surface area (Å²) in [5, 5.41) is 18.8. The standard InChI is InChI=1S/C10H8F3NO5/c1-9(10(11,12)13,19-8(15)16)6-2-4-7(5-3-6)14(17)18/h2-5H,1H3,(H,15,16). The first-order chi connectivity index (χ1) is 8.58. The first kappa shape index (κ1) is 14.7. The third-order valence-corrected chi connectivity index (χ3v) is 2.46. The van der Waals surface area contributed by atoms with E-state index >= 15 is 0 Å². The lowest BCUT2D eigenvalue weighted by atomic mass is 9.95. The van der Waals surface area contributed by atoms with Gasteiger partial charge in [-0.3, -0.25) is 10.1 Å². The molecule has 0 aromatic heterocycles. The van der Waals surface area contributed by atoms with Gasteiger partial charge in [0.15, 0.2) is 0 Å². The van der Waals surface area contributed by atoms with Gasteiger partial charge in [-0.1, -0.05) is 0 Å². The van der Waals surface area contributed by atoms with Crippen molar-refractivity contribution in [2.24, 2.45) is 0 Å². The number of alkyl halides is 3. The molecule has 0 heterocycles. The van der Waals surface area contributed by atoms with Crippen molar-refractivity contribution in [2.75, 3.05) is 0 Å². The molecule has 19 heavy (non-hydrogen) atoms. The molecule has 0 spiro atoms. The van der Waals surface area contributed by atoms with Crippen molar-refractivity contribution in [3.05, 3.63) is 39.9 Å². The third kappa shape index (κ3) is 2.92. The third-order valence-electron chi connectivity index (χ3n) is 2.46. The van der Waals surface area contributed by atoms with Crippen molar-refractivity contribution >= 4 is 11.8 Å². The Morgan fingerprint density at radius 3 is 2.11 bits per heavy atom. The zero-order valence-corrected chi connectivity index (χ0v) is 9.47. The fraction of sp³-hybridized carbons (Fsp3) is 0.300. The van der Waals surface area contributed by atoms with Crippen molar-refractivity contribution in [1.82, 2.24) is 0 Å². The van der Waals surface area contributed by atoms with Gasteiger partial charge in [0.25, 0.3) is 5.69 Å². The highest BCUT2D eigenvalue weighted by atomic mass is 19.4. The van der Waals surface area contributed by atoms with Gasteiger partial charge in [0.05, 0.1) is 4.92 Å². The highest BCUT2D eigenvalue weighted by Gasteiger charge is 2.56. The van der Waals surface area contributed by atoms with Gasteiger partial charge >= 0.3 is 12.3 Å². The molecule has 1 unspecified atom stereocenters. The average molecular weight is 279 g/mol. The van der Waals surface area contributed by atoms with Crippen LogP contribution in [0.25, 0.3) is 0 Å². The van der Waals surface area contributed by atoms with E-state index in [2.05, 4.69) is 4.74 Å². The lowest BCUT2D eigenvalue weighted by Crippen LogP contribution is -2.43. The molecule has 0 fully saturated rings. The smallest absolute Gasteiger partial charge is 0.450 e. The Bertz CT molecular complexity index is 499. The molecule has 1 rings (SSSR count). The van der Waals surface area contributed by atoms with Gasteiger partial charge in [-0.15, -0.1) is 0 Å². The molecule has 6 nitrogen and oxygen atoms in total. The number of nitro groups is 1. The highest BCUT2D eigenvalue weighted by Crippen LogP contribution is 2.42. The summed E-state index contributed by atoms with van der Waals surface area (Å²) in [7, 11) is 0. The number of hydrogen-bond acceptors (Lipinski definition) is 4. The number of nitrogens with zero attached hydrogens (tertiary/aromatic N) is 1. The molecular weight excluding hydrogens is 271 g/mol. The molecule has 0 saturated heterocycles. The Balaban J connectivity index is 3.26. The predicted octanol–water partition coefficient (Wildman–Crippen LogP) is 3.07. The molecule has 0 aliphatic carbocycles. The summed E-state index contributed by atoms with van der Waals surface area (Å²) in [6.45, 7) is 0.530. The molecule has 0 radical (unpaired) electrons. The van der Waals surface area contributed by atoms with Crippen LogP contribution in [0.15, 0.2) is 24.3 Å². The van der Waals surface area contributed by atoms with Gasteiger partial charge in [0.2, 0.25) is 5.60 Å². The Labute approximate surface area is 104 Å². The van der Waals surface area contributed by atoms with Crippen LogP contribution >= 0.6 is 0 Å². The maximum atomic E-state index is 12.9. The van der Waals surface area contributed by atoms with E-state index in [1.165, 1.54) is 0 Å². The number of hydrogen-bond donors (Lipinski definition) is 1. The number of nitro benzene ring substituents is 1. The minimum absolute atomic E-state index is 0.413. The monoisotopic (exact) mass is 279 g/mol. The summed E-state index contributed by atoms with van der Waals surface area (Å²) in [5.74, 6) is 0. The van der Waals surface area contributed by atoms with E-state index < -0.39 is 34.1 Å². The summed E-state index contributed by atoms with van der Waals surface area (Å²) < 4.78 is 42.6. The molecule has 0 saturated carbocycles. The van der Waals surface area contributed by atoms with E-state index in [0.717, 1.165) is 24.3 Å². The second-order valence-electron chi connectivity index (χ2n) is 3.70. The first-order valence-corrected chi connectivity index (χ1v) is 4.81. The van der Waals surface area contributed by atoms with Crippen LogP contribution in [0, 0.1) is 10.1 Å². The molecule has 0 aliphatic heterocycles. The number of non-ortho nitro benzene ring substituents is 1. The van der Waals surface area contributed by atoms with Crippen LogP contribution in [0.1, 0.15) is 12.5 Å². The quantitative estimate of drug-likeness (QED) is 0.521. The van der Waals surface area contributed by atoms with Crippen molar-refractivity contribution in [3.8, 4) is 0 Å². The van der Waals surface area contributed by atoms with E-state index in [-0.39, 0.29) is 0 Å². The molecule has 1 aromatic rings. The second-order valence-corrected chi connectivity index (χ2v) is 3.70. The fourth-order valence-electron chi connectivity index (χ4n) is 1.36. The topological polar surface area (TPSA) is 89.7 Å². The number of halogens is 3. The van der Waals surface area contributed by atoms with Crippen LogP contribution in [0.3, 0.4) is 0 Å². The summed E-state index contributed by atoms with van der Waals surface area (Å²) in [6, 6.07) is 3.28. The minimum Gasteiger partial charge on any atom is -0.450 e. The Kier molecular flexibility index (Phi) is 3.68. The Hall–Kier alpha value is -2.32. The summed E-state index contributed by atoms with van der Waals surface area (Å²) >= 11 is 0. The zero-order chi connectivity index (χ0) is 14.8. The summed E-state index contributed by atoms with van der Waals surface area (Å²) in [5.41, 5.74) is -4.05. The lowest BCUT2D eigenvalue weighted by molar-refractivity contribution is -0.384. The summed E-state index contributed by atoms with van der Waals surface area (Å²) in [4.78, 5) is 20.0. The number of ether oxygens (including phenoxy) is 1. The van der Waals surface area contributed by atoms with Crippen LogP contribution in [0.5, 0.6) is 0 Å². The number of carbonyl (C=O) groups is 1. The largest absolute Gasteiger partial charge is 0.506 e. The summed E-state index contributed by atoms with van der Waals surface area (Å²) in [6.07, 6.45) is -7.10. The number of carboxylic acid groups (broad SMARTS) is 1. The van der Waals surface area contributed by atoms with Crippen molar-refractivity contribution in [2.45, 2.75) is 18.7 Å². The second kappa shape index (κ2) is 4.75. The van der Waals surface area contributed by atoms with Crippen LogP contribution < -0.4 is 0 Å². The molecule has 104 valence electrons. The van der Waals surface area contributed by atoms with E-state index in [4.69, 9.17) is 5.11 Å². The van der Waals surface area contributed by atoms with Crippen LogP contribution in [-0.2, 0) is 10.3 Å². The minimum atomic E-state index is -5.00. The van der Waals surface area contributed by atoms with E-state index in [9.17, 15) is 28.1 Å². The van der Waals surface area contributed by atoms with Crippen LogP contribution in [-0.4, -0.2) is 22.4 Å². The first-order valence-electron chi connectivity index (χ1n) is 4.81. The van der Waals surface area contributed by atoms with Gasteiger partial charge in [0, 0.05) is 17.7 Å². The van der Waals surface area contributed by atoms with E-state index in [0.29, 0.717) is 6.92 Å². The van der Waals surface area contributed by atoms with Gasteiger partial charge in [-0.2, -0.15) is 13.2 Å². The SMILES string of the molecule is CC(OC(=O)O)(c1ccc([N+](=O)[O-])cc1)C(F)(F)F. The molecule has 0 bridgehead atoms. The van der Waals surface area contributed by atoms with Gasteiger partial charge in [-0.05, 0) is 19.1 Å². The predicted molar refractivity (Wildman–Crippen MR) is 55.6 cm³/mol. The van der Waals surface area contributed by atoms with E-state index in [1.807, 2.05) is 0 Å².